The van der Waals surface area contributed by atoms with Crippen LogP contribution in [0.2, 0.25) is 0 Å². The van der Waals surface area contributed by atoms with Crippen LogP contribution in [0.15, 0.2) is 30.3 Å². The van der Waals surface area contributed by atoms with Crippen LogP contribution >= 0.6 is 11.3 Å². The minimum Gasteiger partial charge on any atom is -0.245 e. The van der Waals surface area contributed by atoms with Gasteiger partial charge in [0, 0.05) is 11.6 Å². The van der Waals surface area contributed by atoms with Crippen LogP contribution < -0.4 is 0 Å². The minimum atomic E-state index is 1.02. The summed E-state index contributed by atoms with van der Waals surface area (Å²) in [4.78, 5) is 4.04. The van der Waals surface area contributed by atoms with Gasteiger partial charge >= 0.3 is 0 Å². The van der Waals surface area contributed by atoms with E-state index in [1.807, 2.05) is 17.5 Å². The summed E-state index contributed by atoms with van der Waals surface area (Å²) in [5.74, 6) is 0. The average molecular weight is 137 g/mol. The van der Waals surface area contributed by atoms with Crippen molar-refractivity contribution in [3.8, 4) is 0 Å². The van der Waals surface area contributed by atoms with E-state index >= 15 is 0 Å². The van der Waals surface area contributed by atoms with Gasteiger partial charge in [0.1, 0.15) is 5.01 Å². The van der Waals surface area contributed by atoms with Crippen molar-refractivity contribution in [2.75, 3.05) is 0 Å². The SMILES string of the molecule is C=CC=Cc1nccs1. The van der Waals surface area contributed by atoms with Crippen LogP contribution in [0.4, 0.5) is 0 Å². The summed E-state index contributed by atoms with van der Waals surface area (Å²) >= 11 is 1.62. The number of hydrogen-bond acceptors (Lipinski definition) is 2. The maximum atomic E-state index is 4.04. The van der Waals surface area contributed by atoms with E-state index in [1.165, 1.54) is 0 Å². The molecule has 9 heavy (non-hydrogen) atoms. The number of hydrogen-bond donors (Lipinski definition) is 0. The highest BCUT2D eigenvalue weighted by Gasteiger charge is 1.82. The van der Waals surface area contributed by atoms with E-state index in [-0.39, 0.29) is 0 Å². The number of thiazole rings is 1. The Morgan fingerprint density at radius 1 is 1.67 bits per heavy atom. The summed E-state index contributed by atoms with van der Waals surface area (Å²) in [7, 11) is 0. The number of rotatable bonds is 2. The Bertz CT molecular complexity index is 199. The molecule has 0 aliphatic rings. The van der Waals surface area contributed by atoms with Gasteiger partial charge in [-0.05, 0) is 6.08 Å². The molecule has 0 saturated carbocycles. The second kappa shape index (κ2) is 3.20. The molecular formula is C7H7NS. The van der Waals surface area contributed by atoms with Gasteiger partial charge in [-0.2, -0.15) is 0 Å². The maximum Gasteiger partial charge on any atom is 0.115 e. The Morgan fingerprint density at radius 3 is 3.11 bits per heavy atom. The zero-order valence-electron chi connectivity index (χ0n) is 4.95. The Balaban J connectivity index is 2.67. The topological polar surface area (TPSA) is 12.9 Å². The summed E-state index contributed by atoms with van der Waals surface area (Å²) < 4.78 is 0. The molecule has 1 aromatic heterocycles. The first kappa shape index (κ1) is 6.23. The molecule has 46 valence electrons. The van der Waals surface area contributed by atoms with Crippen LogP contribution in [0.25, 0.3) is 6.08 Å². The predicted molar refractivity (Wildman–Crippen MR) is 41.3 cm³/mol. The number of nitrogens with zero attached hydrogens (tertiary/aromatic N) is 1. The summed E-state index contributed by atoms with van der Waals surface area (Å²) in [6.45, 7) is 3.55. The lowest BCUT2D eigenvalue weighted by Gasteiger charge is -1.74. The summed E-state index contributed by atoms with van der Waals surface area (Å²) in [6, 6.07) is 0. The van der Waals surface area contributed by atoms with Gasteiger partial charge in [-0.25, -0.2) is 4.98 Å². The van der Waals surface area contributed by atoms with Crippen molar-refractivity contribution in [3.05, 3.63) is 35.3 Å². The molecule has 0 unspecified atom stereocenters. The van der Waals surface area contributed by atoms with Gasteiger partial charge < -0.3 is 0 Å². The van der Waals surface area contributed by atoms with Gasteiger partial charge in [0.05, 0.1) is 0 Å². The van der Waals surface area contributed by atoms with E-state index in [4.69, 9.17) is 0 Å². The molecule has 2 heteroatoms. The molecule has 0 N–H and O–H groups in total. The molecule has 0 bridgehead atoms. The molecule has 0 fully saturated rings. The highest BCUT2D eigenvalue weighted by atomic mass is 32.1. The molecule has 0 saturated heterocycles. The molecular weight excluding hydrogens is 130 g/mol. The first-order valence-corrected chi connectivity index (χ1v) is 3.50. The molecule has 0 spiro atoms. The van der Waals surface area contributed by atoms with Gasteiger partial charge in [0.15, 0.2) is 0 Å². The predicted octanol–water partition coefficient (Wildman–Crippen LogP) is 2.34. The third-order valence-electron chi connectivity index (χ3n) is 0.826. The van der Waals surface area contributed by atoms with E-state index < -0.39 is 0 Å². The smallest absolute Gasteiger partial charge is 0.115 e. The summed E-state index contributed by atoms with van der Waals surface area (Å²) in [5.41, 5.74) is 0. The molecule has 0 radical (unpaired) electrons. The first-order chi connectivity index (χ1) is 4.43. The third-order valence-corrected chi connectivity index (χ3v) is 1.57. The second-order valence-electron chi connectivity index (χ2n) is 1.47. The van der Waals surface area contributed by atoms with Crippen molar-refractivity contribution in [2.45, 2.75) is 0 Å². The van der Waals surface area contributed by atoms with Crippen LogP contribution in [-0.4, -0.2) is 4.98 Å². The molecule has 0 atom stereocenters. The Hall–Kier alpha value is -0.890. The molecule has 0 aliphatic carbocycles. The van der Waals surface area contributed by atoms with Gasteiger partial charge in [-0.15, -0.1) is 11.3 Å². The van der Waals surface area contributed by atoms with Crippen molar-refractivity contribution >= 4 is 17.4 Å². The van der Waals surface area contributed by atoms with Crippen LogP contribution in [0, 0.1) is 0 Å². The van der Waals surface area contributed by atoms with Gasteiger partial charge in [0.2, 0.25) is 0 Å². The zero-order chi connectivity index (χ0) is 6.53. The monoisotopic (exact) mass is 137 g/mol. The fourth-order valence-electron chi connectivity index (χ4n) is 0.467. The Labute approximate surface area is 58.4 Å². The van der Waals surface area contributed by atoms with E-state index in [1.54, 1.807) is 23.6 Å². The highest BCUT2D eigenvalue weighted by molar-refractivity contribution is 7.10. The first-order valence-electron chi connectivity index (χ1n) is 2.62. The number of aromatic nitrogens is 1. The highest BCUT2D eigenvalue weighted by Crippen LogP contribution is 2.04. The van der Waals surface area contributed by atoms with Crippen molar-refractivity contribution in [1.82, 2.24) is 4.98 Å². The average Bonchev–Trinajstić information content (AvgIpc) is 2.34. The quantitative estimate of drug-likeness (QED) is 0.570. The Morgan fingerprint density at radius 2 is 2.56 bits per heavy atom. The fraction of sp³-hybridized carbons (Fsp3) is 0. The lowest BCUT2D eigenvalue weighted by Crippen LogP contribution is -1.61. The van der Waals surface area contributed by atoms with Crippen molar-refractivity contribution in [3.63, 3.8) is 0 Å². The van der Waals surface area contributed by atoms with Crippen molar-refractivity contribution < 1.29 is 0 Å². The molecule has 1 nitrogen and oxygen atoms in total. The molecule has 1 rings (SSSR count). The minimum absolute atomic E-state index is 1.02. The summed E-state index contributed by atoms with van der Waals surface area (Å²) in [5, 5.41) is 2.97. The standard InChI is InChI=1S/C7H7NS/c1-2-3-4-7-8-5-6-9-7/h2-6H,1H2. The lowest BCUT2D eigenvalue weighted by atomic mass is 10.5. The molecule has 0 aliphatic heterocycles. The molecule has 1 heterocycles. The van der Waals surface area contributed by atoms with Crippen LogP contribution in [0.1, 0.15) is 5.01 Å². The van der Waals surface area contributed by atoms with Gasteiger partial charge in [-0.3, -0.25) is 0 Å². The largest absolute Gasteiger partial charge is 0.245 e. The van der Waals surface area contributed by atoms with Crippen LogP contribution in [0.3, 0.4) is 0 Å². The third kappa shape index (κ3) is 1.82. The Kier molecular flexibility index (Phi) is 2.22. The van der Waals surface area contributed by atoms with Gasteiger partial charge in [-0.1, -0.05) is 18.7 Å². The van der Waals surface area contributed by atoms with Crippen LogP contribution in [-0.2, 0) is 0 Å². The normalized spacial score (nSPS) is 10.2. The zero-order valence-corrected chi connectivity index (χ0v) is 5.77. The van der Waals surface area contributed by atoms with E-state index in [9.17, 15) is 0 Å². The lowest BCUT2D eigenvalue weighted by molar-refractivity contribution is 1.39. The molecule has 0 amide bonds. The summed E-state index contributed by atoms with van der Waals surface area (Å²) in [6.07, 6.45) is 7.32. The van der Waals surface area contributed by atoms with Crippen molar-refractivity contribution in [1.29, 1.82) is 0 Å². The number of allylic oxidation sites excluding steroid dienone is 2. The second-order valence-corrected chi connectivity index (χ2v) is 2.39. The molecule has 1 aromatic rings. The van der Waals surface area contributed by atoms with Crippen molar-refractivity contribution in [2.24, 2.45) is 0 Å². The van der Waals surface area contributed by atoms with E-state index in [0.717, 1.165) is 5.01 Å². The molecule has 0 aromatic carbocycles. The maximum absolute atomic E-state index is 4.04. The van der Waals surface area contributed by atoms with Crippen LogP contribution in [0.5, 0.6) is 0 Å². The van der Waals surface area contributed by atoms with E-state index in [2.05, 4.69) is 11.6 Å². The van der Waals surface area contributed by atoms with Gasteiger partial charge in [0.25, 0.3) is 0 Å². The van der Waals surface area contributed by atoms with E-state index in [0.29, 0.717) is 0 Å². The fourth-order valence-corrected chi connectivity index (χ4v) is 1.01.